The van der Waals surface area contributed by atoms with E-state index in [1.165, 1.54) is 6.33 Å². The Morgan fingerprint density at radius 1 is 1.15 bits per heavy atom. The summed E-state index contributed by atoms with van der Waals surface area (Å²) in [7, 11) is 7.24. The van der Waals surface area contributed by atoms with E-state index in [4.69, 9.17) is 19.9 Å². The van der Waals surface area contributed by atoms with E-state index in [0.29, 0.717) is 53.8 Å². The highest BCUT2D eigenvalue weighted by atomic mass is 16.5. The van der Waals surface area contributed by atoms with Gasteiger partial charge in [0.25, 0.3) is 0 Å². The van der Waals surface area contributed by atoms with Crippen molar-refractivity contribution >= 4 is 22.8 Å². The first-order valence-electron chi connectivity index (χ1n) is 15.3. The second-order valence-corrected chi connectivity index (χ2v) is 11.8. The highest BCUT2D eigenvalue weighted by Crippen LogP contribution is 2.51. The van der Waals surface area contributed by atoms with Gasteiger partial charge in [0.15, 0.2) is 11.5 Å². The standard InChI is InChI=1S/C35H39N7O4/c1-22-8-6-9-30(39-22)46-28-14-11-23(18-29(28)45-5)32-27(41(3)35-33(32)34(36)37-21-38-35)13-12-24-25-19-42(20-26(24)25)31(43)10-7-15-40(2)16-17-44-4/h6-11,14,18,21,24-26H,15-17,19-20H2,1-5H3,(H2,36,37,38)/b10-7+/t24?,25-,26+. The van der Waals surface area contributed by atoms with Crippen molar-refractivity contribution in [3.05, 3.63) is 66.3 Å². The number of benzene rings is 1. The van der Waals surface area contributed by atoms with Crippen LogP contribution in [0, 0.1) is 36.5 Å². The normalized spacial score (nSPS) is 18.6. The van der Waals surface area contributed by atoms with Crippen molar-refractivity contribution in [2.75, 3.05) is 59.8 Å². The SMILES string of the molecule is COCCN(C)C/C=C/C(=O)N1C[C@@H]2C(C#Cc3c(-c4ccc(Oc5cccc(C)n5)c(OC)c4)c4c(N)ncnc4n3C)[C@@H]2C1. The molecule has 2 aliphatic rings. The Kier molecular flexibility index (Phi) is 8.92. The Labute approximate surface area is 269 Å². The second-order valence-electron chi connectivity index (χ2n) is 11.8. The van der Waals surface area contributed by atoms with Gasteiger partial charge in [0.1, 0.15) is 23.5 Å². The molecule has 1 unspecified atom stereocenters. The molecule has 1 saturated carbocycles. The number of aryl methyl sites for hydroxylation is 2. The molecule has 6 rings (SSSR count). The van der Waals surface area contributed by atoms with Crippen LogP contribution in [0.4, 0.5) is 5.82 Å². The number of likely N-dealkylation sites (tertiary alicyclic amines) is 1. The van der Waals surface area contributed by atoms with Gasteiger partial charge >= 0.3 is 0 Å². The first kappa shape index (κ1) is 31.1. The number of hydrogen-bond donors (Lipinski definition) is 1. The van der Waals surface area contributed by atoms with Gasteiger partial charge in [-0.1, -0.05) is 24.1 Å². The van der Waals surface area contributed by atoms with Crippen molar-refractivity contribution in [1.82, 2.24) is 29.3 Å². The van der Waals surface area contributed by atoms with E-state index in [9.17, 15) is 4.79 Å². The van der Waals surface area contributed by atoms with Gasteiger partial charge in [-0.25, -0.2) is 15.0 Å². The number of rotatable bonds is 10. The van der Waals surface area contributed by atoms with Crippen LogP contribution in [-0.4, -0.2) is 89.3 Å². The van der Waals surface area contributed by atoms with Crippen molar-refractivity contribution in [1.29, 1.82) is 0 Å². The molecule has 1 aliphatic carbocycles. The van der Waals surface area contributed by atoms with Gasteiger partial charge in [-0.3, -0.25) is 4.79 Å². The van der Waals surface area contributed by atoms with E-state index in [1.54, 1.807) is 26.4 Å². The summed E-state index contributed by atoms with van der Waals surface area (Å²) in [5.74, 6) is 9.98. The number of nitrogen functional groups attached to an aromatic ring is 1. The summed E-state index contributed by atoms with van der Waals surface area (Å²) in [6.45, 7) is 5.55. The van der Waals surface area contributed by atoms with E-state index in [1.807, 2.05) is 66.9 Å². The van der Waals surface area contributed by atoms with Gasteiger partial charge in [-0.05, 0) is 55.5 Å². The molecule has 238 valence electrons. The monoisotopic (exact) mass is 621 g/mol. The van der Waals surface area contributed by atoms with Gasteiger partial charge in [-0.15, -0.1) is 0 Å². The maximum absolute atomic E-state index is 12.8. The predicted molar refractivity (Wildman–Crippen MR) is 176 cm³/mol. The van der Waals surface area contributed by atoms with E-state index in [-0.39, 0.29) is 11.8 Å². The van der Waals surface area contributed by atoms with Crippen molar-refractivity contribution in [3.8, 4) is 40.3 Å². The molecule has 3 aromatic heterocycles. The first-order chi connectivity index (χ1) is 22.3. The minimum Gasteiger partial charge on any atom is -0.493 e. The molecule has 0 bridgehead atoms. The minimum atomic E-state index is 0.0589. The fourth-order valence-corrected chi connectivity index (χ4v) is 6.15. The number of carbonyl (C=O) groups is 1. The third kappa shape index (κ3) is 6.27. The Morgan fingerprint density at radius 3 is 2.70 bits per heavy atom. The quantitative estimate of drug-likeness (QED) is 0.208. The molecule has 4 heterocycles. The molecule has 2 N–H and O–H groups in total. The van der Waals surface area contributed by atoms with E-state index < -0.39 is 0 Å². The number of piperidine rings is 1. The Balaban J connectivity index is 1.22. The Hall–Kier alpha value is -4.92. The van der Waals surface area contributed by atoms with E-state index >= 15 is 0 Å². The number of methoxy groups -OCH3 is 2. The number of likely N-dealkylation sites (N-methyl/N-ethyl adjacent to an activating group) is 1. The number of fused-ring (bicyclic) bond motifs is 2. The van der Waals surface area contributed by atoms with E-state index in [0.717, 1.165) is 47.5 Å². The smallest absolute Gasteiger partial charge is 0.246 e. The maximum atomic E-state index is 12.8. The van der Waals surface area contributed by atoms with Crippen LogP contribution in [0.1, 0.15) is 11.4 Å². The van der Waals surface area contributed by atoms with E-state index in [2.05, 4.69) is 31.7 Å². The molecule has 1 aliphatic heterocycles. The summed E-state index contributed by atoms with van der Waals surface area (Å²) in [5.41, 5.74) is 10.5. The molecule has 46 heavy (non-hydrogen) atoms. The topological polar surface area (TPSA) is 121 Å². The molecule has 3 atom stereocenters. The number of carbonyl (C=O) groups excluding carboxylic acids is 1. The number of nitrogens with two attached hydrogens (primary N) is 1. The summed E-state index contributed by atoms with van der Waals surface area (Å²) in [6.07, 6.45) is 5.07. The van der Waals surface area contributed by atoms with Gasteiger partial charge in [0, 0.05) is 69.7 Å². The average Bonchev–Trinajstić information content (AvgIpc) is 3.35. The molecule has 1 saturated heterocycles. The van der Waals surface area contributed by atoms with Crippen LogP contribution in [0.5, 0.6) is 17.4 Å². The van der Waals surface area contributed by atoms with Crippen molar-refractivity contribution in [2.24, 2.45) is 24.8 Å². The fourth-order valence-electron chi connectivity index (χ4n) is 6.15. The molecule has 1 aromatic carbocycles. The maximum Gasteiger partial charge on any atom is 0.246 e. The lowest BCUT2D eigenvalue weighted by molar-refractivity contribution is -0.125. The summed E-state index contributed by atoms with van der Waals surface area (Å²) in [6, 6.07) is 11.3. The number of ether oxygens (including phenoxy) is 3. The molecular weight excluding hydrogens is 582 g/mol. The molecule has 11 heteroatoms. The average molecular weight is 622 g/mol. The van der Waals surface area contributed by atoms with Crippen molar-refractivity contribution in [2.45, 2.75) is 6.92 Å². The van der Waals surface area contributed by atoms with Crippen LogP contribution >= 0.6 is 0 Å². The summed E-state index contributed by atoms with van der Waals surface area (Å²) in [5, 5.41) is 0.734. The summed E-state index contributed by atoms with van der Waals surface area (Å²) in [4.78, 5) is 30.1. The molecule has 1 amide bonds. The lowest BCUT2D eigenvalue weighted by Crippen LogP contribution is -2.30. The molecule has 4 aromatic rings. The minimum absolute atomic E-state index is 0.0589. The molecule has 11 nitrogen and oxygen atoms in total. The van der Waals surface area contributed by atoms with Crippen LogP contribution in [0.25, 0.3) is 22.2 Å². The second kappa shape index (κ2) is 13.2. The summed E-state index contributed by atoms with van der Waals surface area (Å²) >= 11 is 0. The molecule has 0 radical (unpaired) electrons. The lowest BCUT2D eigenvalue weighted by atomic mass is 10.0. The zero-order valence-corrected chi connectivity index (χ0v) is 26.9. The lowest BCUT2D eigenvalue weighted by Gasteiger charge is -2.17. The zero-order valence-electron chi connectivity index (χ0n) is 26.9. The molecular formula is C35H39N7O4. The predicted octanol–water partition coefficient (Wildman–Crippen LogP) is 3.91. The zero-order chi connectivity index (χ0) is 32.4. The van der Waals surface area contributed by atoms with Crippen molar-refractivity contribution in [3.63, 3.8) is 0 Å². The third-order valence-corrected chi connectivity index (χ3v) is 8.74. The number of amides is 1. The van der Waals surface area contributed by atoms with Crippen LogP contribution < -0.4 is 15.2 Å². The first-order valence-corrected chi connectivity index (χ1v) is 15.3. The fraction of sp³-hybridized carbons (Fsp3) is 0.371. The molecule has 0 spiro atoms. The van der Waals surface area contributed by atoms with Crippen molar-refractivity contribution < 1.29 is 19.0 Å². The summed E-state index contributed by atoms with van der Waals surface area (Å²) < 4.78 is 18.9. The number of pyridine rings is 1. The van der Waals surface area contributed by atoms with Gasteiger partial charge in [0.2, 0.25) is 11.8 Å². The van der Waals surface area contributed by atoms with Gasteiger partial charge < -0.3 is 34.3 Å². The number of anilines is 1. The highest BCUT2D eigenvalue weighted by Gasteiger charge is 2.55. The van der Waals surface area contributed by atoms with Crippen LogP contribution in [0.3, 0.4) is 0 Å². The van der Waals surface area contributed by atoms with Gasteiger partial charge in [0.05, 0.1) is 19.1 Å². The van der Waals surface area contributed by atoms with Gasteiger partial charge in [-0.2, -0.15) is 0 Å². The third-order valence-electron chi connectivity index (χ3n) is 8.74. The highest BCUT2D eigenvalue weighted by molar-refractivity contribution is 6.03. The Morgan fingerprint density at radius 2 is 1.96 bits per heavy atom. The van der Waals surface area contributed by atoms with Crippen LogP contribution in [0.15, 0.2) is 54.9 Å². The Bertz CT molecular complexity index is 1840. The number of hydrogen-bond acceptors (Lipinski definition) is 9. The van der Waals surface area contributed by atoms with Crippen LogP contribution in [-0.2, 0) is 16.6 Å². The number of aromatic nitrogens is 4. The largest absolute Gasteiger partial charge is 0.493 e. The van der Waals surface area contributed by atoms with Crippen LogP contribution in [0.2, 0.25) is 0 Å². The number of nitrogens with zero attached hydrogens (tertiary/aromatic N) is 6. The molecule has 2 fully saturated rings.